The van der Waals surface area contributed by atoms with Crippen LogP contribution >= 0.6 is 0 Å². The van der Waals surface area contributed by atoms with E-state index in [1.54, 1.807) is 6.20 Å². The summed E-state index contributed by atoms with van der Waals surface area (Å²) in [5, 5.41) is 0. The summed E-state index contributed by atoms with van der Waals surface area (Å²) < 4.78 is 6.11. The third kappa shape index (κ3) is 3.02. The molecule has 0 radical (unpaired) electrons. The molecule has 2 atom stereocenters. The van der Waals surface area contributed by atoms with Gasteiger partial charge in [0.2, 0.25) is 5.88 Å². The van der Waals surface area contributed by atoms with Gasteiger partial charge in [-0.1, -0.05) is 13.8 Å². The van der Waals surface area contributed by atoms with Crippen molar-refractivity contribution in [1.29, 1.82) is 0 Å². The lowest BCUT2D eigenvalue weighted by Crippen LogP contribution is -2.29. The topological polar surface area (TPSA) is 48.1 Å². The summed E-state index contributed by atoms with van der Waals surface area (Å²) in [4.78, 5) is 4.35. The van der Waals surface area contributed by atoms with Crippen molar-refractivity contribution in [3.63, 3.8) is 0 Å². The number of hydrogen-bond donors (Lipinski definition) is 1. The fourth-order valence-corrected chi connectivity index (χ4v) is 3.04. The number of aromatic nitrogens is 1. The molecule has 1 heterocycles. The van der Waals surface area contributed by atoms with E-state index >= 15 is 0 Å². The summed E-state index contributed by atoms with van der Waals surface area (Å²) >= 11 is 0. The first-order valence-electron chi connectivity index (χ1n) is 6.91. The van der Waals surface area contributed by atoms with E-state index in [0.717, 1.165) is 36.1 Å². The van der Waals surface area contributed by atoms with Crippen LogP contribution in [0.3, 0.4) is 0 Å². The first kappa shape index (κ1) is 13.3. The van der Waals surface area contributed by atoms with Gasteiger partial charge in [0.1, 0.15) is 6.10 Å². The standard InChI is InChI=1S/C15H24N2O/c1-10-6-11(2)8-13(7-10)18-15-14(9-16)12(3)4-5-17-15/h4-5,10-11,13H,6-9,16H2,1-3H3. The molecule has 3 heteroatoms. The van der Waals surface area contributed by atoms with Gasteiger partial charge in [-0.25, -0.2) is 4.98 Å². The fourth-order valence-electron chi connectivity index (χ4n) is 3.04. The normalized spacial score (nSPS) is 28.1. The van der Waals surface area contributed by atoms with Gasteiger partial charge in [0.05, 0.1) is 0 Å². The first-order chi connectivity index (χ1) is 8.60. The molecule has 0 bridgehead atoms. The molecule has 2 unspecified atom stereocenters. The molecule has 0 aromatic carbocycles. The van der Waals surface area contributed by atoms with Crippen LogP contribution in [-0.4, -0.2) is 11.1 Å². The van der Waals surface area contributed by atoms with Crippen LogP contribution in [0, 0.1) is 18.8 Å². The van der Waals surface area contributed by atoms with Gasteiger partial charge in [0.25, 0.3) is 0 Å². The van der Waals surface area contributed by atoms with Gasteiger partial charge in [-0.2, -0.15) is 0 Å². The second-order valence-electron chi connectivity index (χ2n) is 5.77. The molecule has 0 spiro atoms. The molecule has 1 aromatic heterocycles. The maximum atomic E-state index is 6.11. The zero-order valence-electron chi connectivity index (χ0n) is 11.6. The summed E-state index contributed by atoms with van der Waals surface area (Å²) in [7, 11) is 0. The zero-order valence-corrected chi connectivity index (χ0v) is 11.6. The Morgan fingerprint density at radius 3 is 2.56 bits per heavy atom. The van der Waals surface area contributed by atoms with Gasteiger partial charge in [0, 0.05) is 18.3 Å². The first-order valence-corrected chi connectivity index (χ1v) is 6.91. The number of aryl methyl sites for hydroxylation is 1. The van der Waals surface area contributed by atoms with E-state index in [-0.39, 0.29) is 0 Å². The van der Waals surface area contributed by atoms with Crippen molar-refractivity contribution in [2.75, 3.05) is 0 Å². The van der Waals surface area contributed by atoms with Crippen molar-refractivity contribution in [2.45, 2.75) is 52.7 Å². The lowest BCUT2D eigenvalue weighted by atomic mass is 9.82. The number of rotatable bonds is 3. The van der Waals surface area contributed by atoms with Crippen molar-refractivity contribution in [2.24, 2.45) is 17.6 Å². The maximum Gasteiger partial charge on any atom is 0.218 e. The molecule has 0 amide bonds. The smallest absolute Gasteiger partial charge is 0.218 e. The summed E-state index contributed by atoms with van der Waals surface area (Å²) in [5.41, 5.74) is 8.00. The van der Waals surface area contributed by atoms with Gasteiger partial charge < -0.3 is 10.5 Å². The predicted molar refractivity (Wildman–Crippen MR) is 73.5 cm³/mol. The van der Waals surface area contributed by atoms with Gasteiger partial charge in [-0.15, -0.1) is 0 Å². The summed E-state index contributed by atoms with van der Waals surface area (Å²) in [6.45, 7) is 7.16. The number of ether oxygens (including phenoxy) is 1. The predicted octanol–water partition coefficient (Wildman–Crippen LogP) is 3.05. The van der Waals surface area contributed by atoms with Crippen LogP contribution in [0.5, 0.6) is 5.88 Å². The van der Waals surface area contributed by atoms with E-state index in [4.69, 9.17) is 10.5 Å². The maximum absolute atomic E-state index is 6.11. The van der Waals surface area contributed by atoms with Crippen molar-refractivity contribution < 1.29 is 4.74 Å². The van der Waals surface area contributed by atoms with Gasteiger partial charge in [0.15, 0.2) is 0 Å². The van der Waals surface area contributed by atoms with Crippen molar-refractivity contribution in [3.8, 4) is 5.88 Å². The minimum absolute atomic E-state index is 0.295. The molecule has 18 heavy (non-hydrogen) atoms. The Balaban J connectivity index is 2.11. The van der Waals surface area contributed by atoms with Gasteiger partial charge in [-0.3, -0.25) is 0 Å². The number of nitrogens with zero attached hydrogens (tertiary/aromatic N) is 1. The molecule has 100 valence electrons. The van der Waals surface area contributed by atoms with E-state index in [9.17, 15) is 0 Å². The Morgan fingerprint density at radius 2 is 1.94 bits per heavy atom. The molecule has 1 fully saturated rings. The third-order valence-corrected chi connectivity index (χ3v) is 3.87. The van der Waals surface area contributed by atoms with E-state index in [1.807, 2.05) is 6.07 Å². The second-order valence-corrected chi connectivity index (χ2v) is 5.77. The number of nitrogens with two attached hydrogens (primary N) is 1. The molecule has 0 aliphatic heterocycles. The average Bonchev–Trinajstić information content (AvgIpc) is 2.27. The highest BCUT2D eigenvalue weighted by Gasteiger charge is 2.26. The Hall–Kier alpha value is -1.09. The highest BCUT2D eigenvalue weighted by molar-refractivity contribution is 5.33. The Morgan fingerprint density at radius 1 is 1.28 bits per heavy atom. The molecule has 1 aliphatic rings. The number of pyridine rings is 1. The van der Waals surface area contributed by atoms with E-state index < -0.39 is 0 Å². The summed E-state index contributed by atoms with van der Waals surface area (Å²) in [6.07, 6.45) is 5.67. The van der Waals surface area contributed by atoms with Crippen LogP contribution in [0.1, 0.15) is 44.2 Å². The average molecular weight is 248 g/mol. The molecular weight excluding hydrogens is 224 g/mol. The highest BCUT2D eigenvalue weighted by Crippen LogP contribution is 2.32. The molecule has 1 aliphatic carbocycles. The Bertz CT molecular complexity index is 395. The lowest BCUT2D eigenvalue weighted by Gasteiger charge is -2.31. The van der Waals surface area contributed by atoms with Crippen molar-refractivity contribution in [1.82, 2.24) is 4.98 Å². The molecule has 1 aromatic rings. The lowest BCUT2D eigenvalue weighted by molar-refractivity contribution is 0.0956. The second kappa shape index (κ2) is 5.70. The monoisotopic (exact) mass is 248 g/mol. The highest BCUT2D eigenvalue weighted by atomic mass is 16.5. The van der Waals surface area contributed by atoms with Gasteiger partial charge >= 0.3 is 0 Å². The molecular formula is C15H24N2O. The molecule has 0 saturated heterocycles. The van der Waals surface area contributed by atoms with Gasteiger partial charge in [-0.05, 0) is 49.7 Å². The largest absolute Gasteiger partial charge is 0.474 e. The molecule has 3 nitrogen and oxygen atoms in total. The minimum atomic E-state index is 0.295. The fraction of sp³-hybridized carbons (Fsp3) is 0.667. The summed E-state index contributed by atoms with van der Waals surface area (Å²) in [5.74, 6) is 2.22. The Kier molecular flexibility index (Phi) is 4.23. The summed E-state index contributed by atoms with van der Waals surface area (Å²) in [6, 6.07) is 1.99. The van der Waals surface area contributed by atoms with E-state index in [1.165, 1.54) is 12.0 Å². The van der Waals surface area contributed by atoms with Crippen LogP contribution in [-0.2, 0) is 6.54 Å². The molecule has 2 rings (SSSR count). The Labute approximate surface area is 110 Å². The minimum Gasteiger partial charge on any atom is -0.474 e. The van der Waals surface area contributed by atoms with Crippen molar-refractivity contribution in [3.05, 3.63) is 23.4 Å². The van der Waals surface area contributed by atoms with Crippen LogP contribution in [0.2, 0.25) is 0 Å². The quantitative estimate of drug-likeness (QED) is 0.894. The zero-order chi connectivity index (χ0) is 13.1. The molecule has 2 N–H and O–H groups in total. The molecule has 1 saturated carbocycles. The van der Waals surface area contributed by atoms with Crippen LogP contribution in [0.4, 0.5) is 0 Å². The SMILES string of the molecule is Cc1ccnc(OC2CC(C)CC(C)C2)c1CN. The van der Waals surface area contributed by atoms with Crippen LogP contribution in [0.25, 0.3) is 0 Å². The van der Waals surface area contributed by atoms with Crippen LogP contribution in [0.15, 0.2) is 12.3 Å². The third-order valence-electron chi connectivity index (χ3n) is 3.87. The van der Waals surface area contributed by atoms with Crippen molar-refractivity contribution >= 4 is 0 Å². The van der Waals surface area contributed by atoms with E-state index in [2.05, 4.69) is 25.8 Å². The van der Waals surface area contributed by atoms with E-state index in [0.29, 0.717) is 12.6 Å². The number of hydrogen-bond acceptors (Lipinski definition) is 3. The van der Waals surface area contributed by atoms with Crippen LogP contribution < -0.4 is 10.5 Å².